The molecule has 2 nitrogen and oxygen atoms in total. The molecule has 2 aliphatic rings. The van der Waals surface area contributed by atoms with Crippen molar-refractivity contribution in [2.75, 3.05) is 0 Å². The van der Waals surface area contributed by atoms with Crippen molar-refractivity contribution in [1.29, 1.82) is 0 Å². The van der Waals surface area contributed by atoms with E-state index < -0.39 is 34.3 Å². The third kappa shape index (κ3) is 4.80. The minimum Gasteiger partial charge on any atom is -0.289 e. The number of hydrogen-bond acceptors (Lipinski definition) is 2. The number of ketones is 2. The van der Waals surface area contributed by atoms with E-state index in [0.717, 1.165) is 68.8 Å². The van der Waals surface area contributed by atoms with Gasteiger partial charge in [-0.3, -0.25) is 9.59 Å². The van der Waals surface area contributed by atoms with Crippen LogP contribution in [0.25, 0.3) is 22.3 Å². The van der Waals surface area contributed by atoms with Crippen LogP contribution in [-0.4, -0.2) is 11.6 Å². The van der Waals surface area contributed by atoms with Crippen molar-refractivity contribution in [3.63, 3.8) is 0 Å². The molecule has 0 bridgehead atoms. The van der Waals surface area contributed by atoms with Crippen molar-refractivity contribution in [3.8, 4) is 22.3 Å². The lowest BCUT2D eigenvalue weighted by molar-refractivity contribution is -0.138. The summed E-state index contributed by atoms with van der Waals surface area (Å²) in [5.74, 6) is -0.727. The van der Waals surface area contributed by atoms with Crippen LogP contribution in [0.2, 0.25) is 0 Å². The first-order chi connectivity index (χ1) is 22.4. The SMILES string of the molecule is CC1(C)c2cc(C(=O)c3ccc(C(F)(F)F)cc3)ccc2-c2cc3c(cc21)-c1ccc(C(=O)c2ccc(C(F)(F)F)cc2)cc1C3(C)C. The number of hydrogen-bond donors (Lipinski definition) is 0. The minimum absolute atomic E-state index is 0.171. The topological polar surface area (TPSA) is 34.1 Å². The summed E-state index contributed by atoms with van der Waals surface area (Å²) in [5, 5.41) is 0. The Kier molecular flexibility index (Phi) is 6.76. The van der Waals surface area contributed by atoms with Crippen molar-refractivity contribution >= 4 is 11.6 Å². The second-order valence-corrected chi connectivity index (χ2v) is 13.5. The number of benzene rings is 5. The zero-order chi connectivity index (χ0) is 34.6. The maximum absolute atomic E-state index is 13.3. The molecule has 0 spiro atoms. The second kappa shape index (κ2) is 10.3. The van der Waals surface area contributed by atoms with E-state index in [0.29, 0.717) is 11.1 Å². The van der Waals surface area contributed by atoms with Gasteiger partial charge in [0.15, 0.2) is 11.6 Å². The fourth-order valence-electron chi connectivity index (χ4n) is 7.20. The van der Waals surface area contributed by atoms with Crippen molar-refractivity contribution in [1.82, 2.24) is 0 Å². The Bertz CT molecular complexity index is 2010. The molecular weight excluding hydrogens is 626 g/mol. The lowest BCUT2D eigenvalue weighted by Crippen LogP contribution is -2.17. The molecule has 48 heavy (non-hydrogen) atoms. The molecule has 0 aromatic heterocycles. The molecule has 7 rings (SSSR count). The van der Waals surface area contributed by atoms with Crippen LogP contribution in [0.5, 0.6) is 0 Å². The Hall–Kier alpha value is -4.98. The third-order valence-electron chi connectivity index (χ3n) is 9.94. The molecule has 0 saturated carbocycles. The molecule has 2 aliphatic carbocycles. The fraction of sp³-hybridized carbons (Fsp3) is 0.200. The lowest BCUT2D eigenvalue weighted by Gasteiger charge is -2.24. The zero-order valence-electron chi connectivity index (χ0n) is 26.3. The van der Waals surface area contributed by atoms with Gasteiger partial charge in [0.25, 0.3) is 0 Å². The standard InChI is InChI=1S/C40H28F6O2/c1-37(2)31-17-23(35(47)21-5-11-25(12-6-21)39(41,42)43)9-15-27(31)29-20-34-30(19-33(29)37)28-16-10-24(18-32(28)38(34,3)4)36(48)22-7-13-26(14-8-22)40(44,45)46/h5-20H,1-4H3. The van der Waals surface area contributed by atoms with Gasteiger partial charge < -0.3 is 0 Å². The molecular formula is C40H28F6O2. The minimum atomic E-state index is -4.49. The van der Waals surface area contributed by atoms with E-state index in [-0.39, 0.29) is 22.7 Å². The summed E-state index contributed by atoms with van der Waals surface area (Å²) >= 11 is 0. The van der Waals surface area contributed by atoms with Crippen LogP contribution in [-0.2, 0) is 23.2 Å². The van der Waals surface area contributed by atoms with Gasteiger partial charge in [0.1, 0.15) is 0 Å². The van der Waals surface area contributed by atoms with Gasteiger partial charge in [0, 0.05) is 33.1 Å². The highest BCUT2D eigenvalue weighted by molar-refractivity contribution is 6.10. The maximum atomic E-state index is 13.3. The molecule has 0 atom stereocenters. The van der Waals surface area contributed by atoms with Gasteiger partial charge >= 0.3 is 12.4 Å². The van der Waals surface area contributed by atoms with E-state index in [9.17, 15) is 35.9 Å². The molecule has 5 aromatic rings. The number of rotatable bonds is 4. The summed E-state index contributed by atoms with van der Waals surface area (Å²) in [5.41, 5.74) is 6.45. The van der Waals surface area contributed by atoms with Crippen LogP contribution >= 0.6 is 0 Å². The summed E-state index contributed by atoms with van der Waals surface area (Å²) in [6.07, 6.45) is -8.98. The highest BCUT2D eigenvalue weighted by atomic mass is 19.4. The van der Waals surface area contributed by atoms with Crippen LogP contribution in [0.3, 0.4) is 0 Å². The number of alkyl halides is 6. The van der Waals surface area contributed by atoms with Gasteiger partial charge in [-0.25, -0.2) is 0 Å². The summed E-state index contributed by atoms with van der Waals surface area (Å²) in [6.45, 7) is 8.29. The molecule has 5 aromatic carbocycles. The van der Waals surface area contributed by atoms with Crippen LogP contribution in [0.1, 0.15) is 92.9 Å². The van der Waals surface area contributed by atoms with Crippen molar-refractivity contribution in [3.05, 3.63) is 153 Å². The van der Waals surface area contributed by atoms with Gasteiger partial charge in [-0.1, -0.05) is 76.2 Å². The largest absolute Gasteiger partial charge is 0.416 e. The Morgan fingerprint density at radius 3 is 1.02 bits per heavy atom. The quantitative estimate of drug-likeness (QED) is 0.143. The summed E-state index contributed by atoms with van der Waals surface area (Å²) in [4.78, 5) is 26.7. The van der Waals surface area contributed by atoms with Crippen LogP contribution < -0.4 is 0 Å². The van der Waals surface area contributed by atoms with Crippen LogP contribution in [0, 0.1) is 0 Å². The van der Waals surface area contributed by atoms with Crippen molar-refractivity contribution < 1.29 is 35.9 Å². The Morgan fingerprint density at radius 1 is 0.417 bits per heavy atom. The van der Waals surface area contributed by atoms with Crippen molar-refractivity contribution in [2.24, 2.45) is 0 Å². The Labute approximate surface area is 273 Å². The van der Waals surface area contributed by atoms with E-state index >= 15 is 0 Å². The van der Waals surface area contributed by atoms with Crippen molar-refractivity contribution in [2.45, 2.75) is 50.9 Å². The molecule has 0 unspecified atom stereocenters. The van der Waals surface area contributed by atoms with E-state index in [2.05, 4.69) is 39.8 Å². The van der Waals surface area contributed by atoms with Gasteiger partial charge in [0.05, 0.1) is 11.1 Å². The lowest BCUT2D eigenvalue weighted by atomic mass is 9.79. The average Bonchev–Trinajstić information content (AvgIpc) is 3.41. The normalized spacial score (nSPS) is 15.4. The molecule has 242 valence electrons. The van der Waals surface area contributed by atoms with Gasteiger partial charge in [0.2, 0.25) is 0 Å². The molecule has 0 fully saturated rings. The summed E-state index contributed by atoms with van der Waals surface area (Å²) in [7, 11) is 0. The summed E-state index contributed by atoms with van der Waals surface area (Å²) < 4.78 is 78.3. The van der Waals surface area contributed by atoms with E-state index in [4.69, 9.17) is 0 Å². The van der Waals surface area contributed by atoms with Gasteiger partial charge in [-0.2, -0.15) is 26.3 Å². The molecule has 0 saturated heterocycles. The Morgan fingerprint density at radius 2 is 0.708 bits per heavy atom. The first-order valence-corrected chi connectivity index (χ1v) is 15.3. The van der Waals surface area contributed by atoms with E-state index in [1.165, 1.54) is 24.3 Å². The van der Waals surface area contributed by atoms with E-state index in [1.54, 1.807) is 12.1 Å². The molecule has 0 radical (unpaired) electrons. The number of carbonyl (C=O) groups is 2. The first-order valence-electron chi connectivity index (χ1n) is 15.3. The monoisotopic (exact) mass is 654 g/mol. The van der Waals surface area contributed by atoms with Gasteiger partial charge in [-0.05, 0) is 93.0 Å². The number of halogens is 6. The predicted molar refractivity (Wildman–Crippen MR) is 171 cm³/mol. The molecule has 0 amide bonds. The maximum Gasteiger partial charge on any atom is 0.416 e. The first kappa shape index (κ1) is 31.6. The van der Waals surface area contributed by atoms with Crippen LogP contribution in [0.15, 0.2) is 97.1 Å². The Balaban J connectivity index is 1.23. The van der Waals surface area contributed by atoms with E-state index in [1.807, 2.05) is 24.3 Å². The zero-order valence-corrected chi connectivity index (χ0v) is 26.3. The number of carbonyl (C=O) groups excluding carboxylic acids is 2. The highest BCUT2D eigenvalue weighted by Crippen LogP contribution is 2.56. The smallest absolute Gasteiger partial charge is 0.289 e. The third-order valence-corrected chi connectivity index (χ3v) is 9.94. The fourth-order valence-corrected chi connectivity index (χ4v) is 7.20. The molecule has 8 heteroatoms. The summed E-state index contributed by atoms with van der Waals surface area (Å²) in [6, 6.07) is 23.6. The average molecular weight is 655 g/mol. The molecule has 0 heterocycles. The highest BCUT2D eigenvalue weighted by Gasteiger charge is 2.42. The van der Waals surface area contributed by atoms with Crippen LogP contribution in [0.4, 0.5) is 26.3 Å². The molecule has 0 aliphatic heterocycles. The predicted octanol–water partition coefficient (Wildman–Crippen LogP) is 10.8. The second-order valence-electron chi connectivity index (χ2n) is 13.5. The molecule has 0 N–H and O–H groups in total. The van der Waals surface area contributed by atoms with Gasteiger partial charge in [-0.15, -0.1) is 0 Å². The number of fused-ring (bicyclic) bond motifs is 6.